The van der Waals surface area contributed by atoms with Crippen molar-refractivity contribution in [1.82, 2.24) is 15.1 Å². The molecule has 2 unspecified atom stereocenters. The quantitative estimate of drug-likeness (QED) is 0.643. The number of aryl methyl sites for hydroxylation is 1. The van der Waals surface area contributed by atoms with Crippen molar-refractivity contribution in [2.75, 3.05) is 6.54 Å². The number of hydrogen-bond donors (Lipinski definition) is 2. The summed E-state index contributed by atoms with van der Waals surface area (Å²) < 4.78 is 1.69. The van der Waals surface area contributed by atoms with Crippen molar-refractivity contribution < 1.29 is 9.63 Å². The van der Waals surface area contributed by atoms with E-state index in [1.807, 2.05) is 43.6 Å². The van der Waals surface area contributed by atoms with Crippen molar-refractivity contribution in [1.29, 1.82) is 0 Å². The average molecular weight is 436 g/mol. The Hall–Kier alpha value is -2.61. The molecular weight excluding hydrogens is 413 g/mol. The van der Waals surface area contributed by atoms with Gasteiger partial charge in [-0.05, 0) is 22.4 Å². The van der Waals surface area contributed by atoms with Crippen LogP contribution in [0.5, 0.6) is 0 Å². The first-order valence-electron chi connectivity index (χ1n) is 8.85. The normalized spacial score (nSPS) is 16.2. The topological polar surface area (TPSA) is 94.5 Å². The summed E-state index contributed by atoms with van der Waals surface area (Å²) in [7, 11) is 1.83. The number of rotatable bonds is 5. The third-order valence-corrected chi connectivity index (χ3v) is 4.73. The van der Waals surface area contributed by atoms with Crippen LogP contribution in [0.3, 0.4) is 0 Å². The van der Waals surface area contributed by atoms with Gasteiger partial charge in [0, 0.05) is 31.8 Å². The van der Waals surface area contributed by atoms with E-state index in [1.54, 1.807) is 10.9 Å². The summed E-state index contributed by atoms with van der Waals surface area (Å²) in [4.78, 5) is 18.0. The maximum Gasteiger partial charge on any atom is 0.264 e. The highest BCUT2D eigenvalue weighted by Gasteiger charge is 2.30. The van der Waals surface area contributed by atoms with Gasteiger partial charge < -0.3 is 15.9 Å². The van der Waals surface area contributed by atoms with E-state index in [-0.39, 0.29) is 36.8 Å². The van der Waals surface area contributed by atoms with Crippen LogP contribution in [-0.2, 0) is 16.7 Å². The summed E-state index contributed by atoms with van der Waals surface area (Å²) in [6.45, 7) is 0.299. The first kappa shape index (κ1) is 22.7. The minimum Gasteiger partial charge on any atom is -0.382 e. The van der Waals surface area contributed by atoms with Crippen molar-refractivity contribution in [2.24, 2.45) is 17.9 Å². The van der Waals surface area contributed by atoms with Gasteiger partial charge in [0.2, 0.25) is 6.10 Å². The minimum atomic E-state index is -0.658. The summed E-state index contributed by atoms with van der Waals surface area (Å²) in [6, 6.07) is 13.9. The predicted octanol–water partition coefficient (Wildman–Crippen LogP) is 2.73. The monoisotopic (exact) mass is 435 g/mol. The van der Waals surface area contributed by atoms with Crippen LogP contribution in [0.2, 0.25) is 0 Å². The zero-order valence-corrected chi connectivity index (χ0v) is 17.5. The molecule has 29 heavy (non-hydrogen) atoms. The second-order valence-corrected chi connectivity index (χ2v) is 6.64. The molecule has 2 aromatic carbocycles. The second-order valence-electron chi connectivity index (χ2n) is 6.64. The number of fused-ring (bicyclic) bond motifs is 1. The van der Waals surface area contributed by atoms with E-state index >= 15 is 0 Å². The molecule has 2 heterocycles. The first-order chi connectivity index (χ1) is 13.1. The fourth-order valence-corrected chi connectivity index (χ4v) is 3.23. The zero-order chi connectivity index (χ0) is 18.8. The van der Waals surface area contributed by atoms with Gasteiger partial charge in [-0.15, -0.1) is 24.8 Å². The Labute approximate surface area is 181 Å². The molecule has 1 aromatic heterocycles. The second kappa shape index (κ2) is 9.73. The minimum absolute atomic E-state index is 0. The van der Waals surface area contributed by atoms with E-state index in [1.165, 1.54) is 0 Å². The Bertz CT molecular complexity index is 1020. The molecule has 0 fully saturated rings. The Morgan fingerprint density at radius 2 is 2.03 bits per heavy atom. The Morgan fingerprint density at radius 1 is 1.28 bits per heavy atom. The highest BCUT2D eigenvalue weighted by atomic mass is 35.5. The van der Waals surface area contributed by atoms with Crippen LogP contribution in [0.4, 0.5) is 0 Å². The molecule has 1 aliphatic heterocycles. The van der Waals surface area contributed by atoms with Crippen molar-refractivity contribution in [3.05, 3.63) is 66.0 Å². The fraction of sp³-hybridized carbons (Fsp3) is 0.250. The number of aromatic nitrogens is 2. The molecule has 1 aliphatic rings. The molecule has 9 heteroatoms. The Morgan fingerprint density at radius 3 is 2.72 bits per heavy atom. The molecule has 7 nitrogen and oxygen atoms in total. The van der Waals surface area contributed by atoms with Gasteiger partial charge >= 0.3 is 0 Å². The molecule has 2 atom stereocenters. The number of nitrogens with zero attached hydrogens (tertiary/aromatic N) is 3. The van der Waals surface area contributed by atoms with Crippen LogP contribution in [0.1, 0.15) is 23.6 Å². The van der Waals surface area contributed by atoms with Crippen LogP contribution in [0.25, 0.3) is 10.8 Å². The van der Waals surface area contributed by atoms with Crippen molar-refractivity contribution in [3.63, 3.8) is 0 Å². The van der Waals surface area contributed by atoms with Gasteiger partial charge in [0.05, 0.1) is 18.0 Å². The summed E-state index contributed by atoms with van der Waals surface area (Å²) in [5.74, 6) is -0.221. The van der Waals surface area contributed by atoms with Crippen molar-refractivity contribution in [3.8, 4) is 0 Å². The molecule has 4 rings (SSSR count). The van der Waals surface area contributed by atoms with Gasteiger partial charge in [-0.2, -0.15) is 5.10 Å². The van der Waals surface area contributed by atoms with Crippen LogP contribution in [0.15, 0.2) is 60.0 Å². The number of nitrogens with two attached hydrogens (primary N) is 1. The number of carbonyl (C=O) groups is 1. The smallest absolute Gasteiger partial charge is 0.264 e. The zero-order valence-electron chi connectivity index (χ0n) is 15.8. The summed E-state index contributed by atoms with van der Waals surface area (Å²) in [6.07, 6.45) is 3.31. The summed E-state index contributed by atoms with van der Waals surface area (Å²) in [5.41, 5.74) is 8.47. The largest absolute Gasteiger partial charge is 0.382 e. The van der Waals surface area contributed by atoms with Crippen molar-refractivity contribution in [2.45, 2.75) is 18.6 Å². The lowest BCUT2D eigenvalue weighted by Crippen LogP contribution is -2.40. The maximum absolute atomic E-state index is 12.6. The highest BCUT2D eigenvalue weighted by Crippen LogP contribution is 2.22. The molecule has 0 radical (unpaired) electrons. The van der Waals surface area contributed by atoms with Gasteiger partial charge in [0.1, 0.15) is 0 Å². The van der Waals surface area contributed by atoms with Crippen LogP contribution in [0, 0.1) is 0 Å². The number of halogens is 2. The molecular formula is C20H23Cl2N5O2. The molecule has 154 valence electrons. The Balaban J connectivity index is 0.00000150. The SMILES string of the molecule is Cl.Cl.Cn1cc(C2=NOC(C(=O)NC(CN)c3ccc4ccccc4c3)C2)cn1. The van der Waals surface area contributed by atoms with Gasteiger partial charge in [-0.3, -0.25) is 9.48 Å². The standard InChI is InChI=1S/C20H21N5O2.2ClH/c1-25-12-16(11-22-25)17-9-19(27-24-17)20(26)23-18(10-21)15-7-6-13-4-2-3-5-14(13)8-15;;/h2-8,11-12,18-19H,9-10,21H2,1H3,(H,23,26);2*1H. The third kappa shape index (κ3) is 4.87. The first-order valence-corrected chi connectivity index (χ1v) is 8.85. The molecule has 0 saturated carbocycles. The van der Waals surface area contributed by atoms with E-state index < -0.39 is 6.10 Å². The predicted molar refractivity (Wildman–Crippen MR) is 118 cm³/mol. The van der Waals surface area contributed by atoms with Crippen LogP contribution >= 0.6 is 24.8 Å². The lowest BCUT2D eigenvalue weighted by molar-refractivity contribution is -0.131. The molecule has 3 N–H and O–H groups in total. The molecule has 0 saturated heterocycles. The van der Waals surface area contributed by atoms with Gasteiger partial charge in [0.25, 0.3) is 5.91 Å². The molecule has 1 amide bonds. The number of nitrogens with one attached hydrogen (secondary N) is 1. The highest BCUT2D eigenvalue weighted by molar-refractivity contribution is 6.03. The number of oxime groups is 1. The number of carbonyl (C=O) groups excluding carboxylic acids is 1. The van der Waals surface area contributed by atoms with E-state index in [2.05, 4.69) is 27.7 Å². The van der Waals surface area contributed by atoms with E-state index in [9.17, 15) is 4.79 Å². The molecule has 0 aliphatic carbocycles. The van der Waals surface area contributed by atoms with Crippen molar-refractivity contribution >= 4 is 47.2 Å². The van der Waals surface area contributed by atoms with E-state index in [4.69, 9.17) is 10.6 Å². The number of amides is 1. The van der Waals surface area contributed by atoms with E-state index in [0.29, 0.717) is 13.0 Å². The molecule has 0 spiro atoms. The van der Waals surface area contributed by atoms with Crippen LogP contribution < -0.4 is 11.1 Å². The lowest BCUT2D eigenvalue weighted by atomic mass is 10.0. The van der Waals surface area contributed by atoms with E-state index in [0.717, 1.165) is 27.6 Å². The summed E-state index contributed by atoms with van der Waals surface area (Å²) in [5, 5.41) is 13.4. The fourth-order valence-electron chi connectivity index (χ4n) is 3.23. The van der Waals surface area contributed by atoms with Crippen LogP contribution in [-0.4, -0.2) is 34.0 Å². The number of hydrogen-bond acceptors (Lipinski definition) is 5. The third-order valence-electron chi connectivity index (χ3n) is 4.73. The Kier molecular flexibility index (Phi) is 7.61. The molecule has 3 aromatic rings. The molecule has 0 bridgehead atoms. The number of benzene rings is 2. The maximum atomic E-state index is 12.6. The van der Waals surface area contributed by atoms with Gasteiger partial charge in [-0.1, -0.05) is 41.6 Å². The lowest BCUT2D eigenvalue weighted by Gasteiger charge is -2.19. The van der Waals surface area contributed by atoms with Gasteiger partial charge in [0.15, 0.2) is 0 Å². The average Bonchev–Trinajstić information content (AvgIpc) is 3.34. The summed E-state index contributed by atoms with van der Waals surface area (Å²) >= 11 is 0. The van der Waals surface area contributed by atoms with Gasteiger partial charge in [-0.25, -0.2) is 0 Å².